The Morgan fingerprint density at radius 3 is 2.67 bits per heavy atom. The molecule has 0 aromatic carbocycles. The zero-order chi connectivity index (χ0) is 13.8. The first kappa shape index (κ1) is 14.5. The van der Waals surface area contributed by atoms with Crippen LogP contribution in [0.5, 0.6) is 0 Å². The molecule has 0 unspecified atom stereocenters. The van der Waals surface area contributed by atoms with Crippen molar-refractivity contribution in [2.75, 3.05) is 0 Å². The van der Waals surface area contributed by atoms with E-state index >= 15 is 0 Å². The average Bonchev–Trinajstić information content (AvgIpc) is 2.25. The van der Waals surface area contributed by atoms with Crippen molar-refractivity contribution in [2.45, 2.75) is 45.3 Å². The maximum atomic E-state index is 11.6. The molecule has 100 valence electrons. The molecular weight excluding hydrogens is 230 g/mol. The van der Waals surface area contributed by atoms with Gasteiger partial charge in [0.15, 0.2) is 5.78 Å². The van der Waals surface area contributed by atoms with E-state index in [-0.39, 0.29) is 17.7 Å². The number of carbonyl (C=O) groups excluding carboxylic acids is 2. The molecule has 0 bridgehead atoms. The molecular formula is C14H21NO3. The van der Waals surface area contributed by atoms with E-state index in [0.29, 0.717) is 12.8 Å². The van der Waals surface area contributed by atoms with Crippen LogP contribution in [0.15, 0.2) is 24.8 Å². The van der Waals surface area contributed by atoms with E-state index < -0.39 is 11.7 Å². The number of amides is 1. The van der Waals surface area contributed by atoms with Crippen LogP contribution < -0.4 is 5.32 Å². The summed E-state index contributed by atoms with van der Waals surface area (Å²) in [6.45, 7) is 8.92. The summed E-state index contributed by atoms with van der Waals surface area (Å²) in [6.07, 6.45) is 6.00. The molecule has 1 N–H and O–H groups in total. The van der Waals surface area contributed by atoms with Crippen LogP contribution in [-0.2, 0) is 9.53 Å². The average molecular weight is 251 g/mol. The van der Waals surface area contributed by atoms with Crippen LogP contribution in [0.3, 0.4) is 0 Å². The van der Waals surface area contributed by atoms with E-state index in [0.717, 1.165) is 0 Å². The van der Waals surface area contributed by atoms with Gasteiger partial charge in [-0.05, 0) is 39.7 Å². The molecule has 0 heterocycles. The van der Waals surface area contributed by atoms with Gasteiger partial charge in [-0.2, -0.15) is 0 Å². The molecule has 18 heavy (non-hydrogen) atoms. The Balaban J connectivity index is 2.51. The highest BCUT2D eigenvalue weighted by Crippen LogP contribution is 2.20. The standard InChI is InChI=1S/C14H21NO3/c1-5-12(16)10-7-6-8-11(9-10)15-13(17)18-14(2,3)4/h5-6,8,10-11H,1,7,9H2,2-4H3,(H,15,17)/t10-,11-/m1/s1. The normalized spacial score (nSPS) is 23.3. The predicted octanol–water partition coefficient (Wildman–Crippen LogP) is 2.60. The third-order valence-electron chi connectivity index (χ3n) is 2.63. The van der Waals surface area contributed by atoms with E-state index in [1.54, 1.807) is 0 Å². The Hall–Kier alpha value is -1.58. The Morgan fingerprint density at radius 1 is 1.44 bits per heavy atom. The van der Waals surface area contributed by atoms with Crippen LogP contribution in [0.4, 0.5) is 4.79 Å². The minimum Gasteiger partial charge on any atom is -0.444 e. The number of ether oxygens (including phenoxy) is 1. The topological polar surface area (TPSA) is 55.4 Å². The van der Waals surface area contributed by atoms with Crippen LogP contribution in [0.25, 0.3) is 0 Å². The number of hydrogen-bond donors (Lipinski definition) is 1. The minimum absolute atomic E-state index is 0.0235. The molecule has 1 rings (SSSR count). The third kappa shape index (κ3) is 4.73. The second kappa shape index (κ2) is 5.85. The molecule has 0 fully saturated rings. The summed E-state index contributed by atoms with van der Waals surface area (Å²) < 4.78 is 5.17. The Morgan fingerprint density at radius 2 is 2.11 bits per heavy atom. The van der Waals surface area contributed by atoms with Gasteiger partial charge in [0.1, 0.15) is 5.60 Å². The van der Waals surface area contributed by atoms with Crippen molar-refractivity contribution >= 4 is 11.9 Å². The Labute approximate surface area is 108 Å². The summed E-state index contributed by atoms with van der Waals surface area (Å²) in [6, 6.07) is -0.150. The second-order valence-electron chi connectivity index (χ2n) is 5.46. The van der Waals surface area contributed by atoms with Crippen molar-refractivity contribution < 1.29 is 14.3 Å². The number of alkyl carbamates (subject to hydrolysis) is 1. The first-order chi connectivity index (χ1) is 8.31. The molecule has 0 saturated carbocycles. The molecule has 0 aromatic heterocycles. The number of rotatable bonds is 3. The number of allylic oxidation sites excluding steroid dienone is 2. The van der Waals surface area contributed by atoms with E-state index in [2.05, 4.69) is 11.9 Å². The van der Waals surface area contributed by atoms with E-state index in [9.17, 15) is 9.59 Å². The summed E-state index contributed by atoms with van der Waals surface area (Å²) in [7, 11) is 0. The lowest BCUT2D eigenvalue weighted by atomic mass is 9.88. The van der Waals surface area contributed by atoms with Gasteiger partial charge in [-0.25, -0.2) is 4.79 Å². The van der Waals surface area contributed by atoms with Crippen molar-refractivity contribution in [1.82, 2.24) is 5.32 Å². The fraction of sp³-hybridized carbons (Fsp3) is 0.571. The highest BCUT2D eigenvalue weighted by molar-refractivity contribution is 5.91. The molecule has 0 radical (unpaired) electrons. The van der Waals surface area contributed by atoms with Crippen molar-refractivity contribution in [3.8, 4) is 0 Å². The van der Waals surface area contributed by atoms with E-state index in [1.165, 1.54) is 6.08 Å². The number of hydrogen-bond acceptors (Lipinski definition) is 3. The van der Waals surface area contributed by atoms with Crippen molar-refractivity contribution in [1.29, 1.82) is 0 Å². The number of carbonyl (C=O) groups is 2. The van der Waals surface area contributed by atoms with Gasteiger partial charge in [0.2, 0.25) is 0 Å². The minimum atomic E-state index is -0.515. The second-order valence-corrected chi connectivity index (χ2v) is 5.46. The monoisotopic (exact) mass is 251 g/mol. The van der Waals surface area contributed by atoms with Gasteiger partial charge in [0.25, 0.3) is 0 Å². The maximum absolute atomic E-state index is 11.6. The van der Waals surface area contributed by atoms with Crippen LogP contribution in [-0.4, -0.2) is 23.5 Å². The fourth-order valence-corrected chi connectivity index (χ4v) is 1.85. The molecule has 0 spiro atoms. The molecule has 0 aromatic rings. The van der Waals surface area contributed by atoms with Gasteiger partial charge < -0.3 is 10.1 Å². The van der Waals surface area contributed by atoms with Crippen LogP contribution in [0, 0.1) is 5.92 Å². The SMILES string of the molecule is C=CC(=O)[C@@H]1CC=C[C@@H](NC(=O)OC(C)(C)C)C1. The molecule has 0 aliphatic heterocycles. The van der Waals surface area contributed by atoms with Crippen molar-refractivity contribution in [3.05, 3.63) is 24.8 Å². The lowest BCUT2D eigenvalue weighted by Crippen LogP contribution is -2.40. The number of ketones is 1. The Bertz CT molecular complexity index is 366. The molecule has 1 amide bonds. The van der Waals surface area contributed by atoms with E-state index in [4.69, 9.17) is 4.74 Å². The lowest BCUT2D eigenvalue weighted by molar-refractivity contribution is -0.118. The summed E-state index contributed by atoms with van der Waals surface area (Å²) in [5.74, 6) is -0.0669. The van der Waals surface area contributed by atoms with Gasteiger partial charge in [-0.1, -0.05) is 18.7 Å². The molecule has 1 aliphatic carbocycles. The zero-order valence-corrected chi connectivity index (χ0v) is 11.2. The van der Waals surface area contributed by atoms with E-state index in [1.807, 2.05) is 32.9 Å². The molecule has 4 nitrogen and oxygen atoms in total. The van der Waals surface area contributed by atoms with Crippen molar-refractivity contribution in [2.24, 2.45) is 5.92 Å². The highest BCUT2D eigenvalue weighted by atomic mass is 16.6. The summed E-state index contributed by atoms with van der Waals surface area (Å²) in [4.78, 5) is 23.1. The first-order valence-electron chi connectivity index (χ1n) is 6.14. The fourth-order valence-electron chi connectivity index (χ4n) is 1.85. The molecule has 4 heteroatoms. The molecule has 0 saturated heterocycles. The summed E-state index contributed by atoms with van der Waals surface area (Å²) >= 11 is 0. The predicted molar refractivity (Wildman–Crippen MR) is 70.2 cm³/mol. The lowest BCUT2D eigenvalue weighted by Gasteiger charge is -2.26. The van der Waals surface area contributed by atoms with Gasteiger partial charge in [0.05, 0.1) is 6.04 Å². The van der Waals surface area contributed by atoms with Gasteiger partial charge in [-0.3, -0.25) is 4.79 Å². The van der Waals surface area contributed by atoms with Gasteiger partial charge in [0, 0.05) is 5.92 Å². The van der Waals surface area contributed by atoms with Crippen LogP contribution in [0.1, 0.15) is 33.6 Å². The smallest absolute Gasteiger partial charge is 0.408 e. The number of nitrogens with one attached hydrogen (secondary N) is 1. The van der Waals surface area contributed by atoms with Gasteiger partial charge in [-0.15, -0.1) is 0 Å². The quantitative estimate of drug-likeness (QED) is 0.619. The maximum Gasteiger partial charge on any atom is 0.408 e. The molecule has 1 aliphatic rings. The first-order valence-corrected chi connectivity index (χ1v) is 6.14. The van der Waals surface area contributed by atoms with Gasteiger partial charge >= 0.3 is 6.09 Å². The summed E-state index contributed by atoms with van der Waals surface area (Å²) in [5, 5.41) is 2.75. The molecule has 2 atom stereocenters. The Kier molecular flexibility index (Phi) is 4.70. The van der Waals surface area contributed by atoms with Crippen LogP contribution in [0.2, 0.25) is 0 Å². The van der Waals surface area contributed by atoms with Crippen molar-refractivity contribution in [3.63, 3.8) is 0 Å². The zero-order valence-electron chi connectivity index (χ0n) is 11.2. The third-order valence-corrected chi connectivity index (χ3v) is 2.63. The summed E-state index contributed by atoms with van der Waals surface area (Å²) in [5.41, 5.74) is -0.515. The largest absolute Gasteiger partial charge is 0.444 e. The highest BCUT2D eigenvalue weighted by Gasteiger charge is 2.25. The van der Waals surface area contributed by atoms with Crippen LogP contribution >= 0.6 is 0 Å².